The van der Waals surface area contributed by atoms with Gasteiger partial charge in [0.2, 0.25) is 0 Å². The zero-order valence-corrected chi connectivity index (χ0v) is 12.7. The average molecular weight is 296 g/mol. The molecule has 3 rings (SSSR count). The van der Waals surface area contributed by atoms with Gasteiger partial charge >= 0.3 is 0 Å². The van der Waals surface area contributed by atoms with E-state index in [-0.39, 0.29) is 5.75 Å². The van der Waals surface area contributed by atoms with Crippen molar-refractivity contribution in [3.63, 3.8) is 0 Å². The fourth-order valence-corrected chi connectivity index (χ4v) is 3.01. The number of aromatic hydroxyl groups is 1. The maximum atomic E-state index is 9.65. The van der Waals surface area contributed by atoms with Crippen molar-refractivity contribution in [2.24, 2.45) is 0 Å². The van der Waals surface area contributed by atoms with Crippen molar-refractivity contribution >= 4 is 17.0 Å². The van der Waals surface area contributed by atoms with Gasteiger partial charge in [0.15, 0.2) is 0 Å². The van der Waals surface area contributed by atoms with Crippen molar-refractivity contribution in [3.05, 3.63) is 52.9 Å². The molecule has 0 spiro atoms. The van der Waals surface area contributed by atoms with E-state index >= 15 is 0 Å². The largest absolute Gasteiger partial charge is 0.508 e. The highest BCUT2D eigenvalue weighted by atomic mass is 32.1. The first kappa shape index (κ1) is 13.6. The first-order chi connectivity index (χ1) is 10.0. The van der Waals surface area contributed by atoms with Crippen molar-refractivity contribution < 1.29 is 5.11 Å². The molecule has 0 amide bonds. The third kappa shape index (κ3) is 2.62. The molecule has 0 radical (unpaired) electrons. The van der Waals surface area contributed by atoms with Crippen molar-refractivity contribution in [2.75, 3.05) is 5.73 Å². The van der Waals surface area contributed by atoms with Crippen molar-refractivity contribution in [1.82, 2.24) is 4.98 Å². The molecule has 1 aromatic heterocycles. The molecule has 3 N–H and O–H groups in total. The maximum absolute atomic E-state index is 9.65. The second kappa shape index (κ2) is 5.22. The van der Waals surface area contributed by atoms with Gasteiger partial charge in [-0.3, -0.25) is 0 Å². The Hall–Kier alpha value is -2.33. The standard InChI is InChI=1S/C17H16N2OS/c1-10-4-6-13(20)8-14(10)16-9-21-17(19-16)12-5-3-11(2)15(18)7-12/h3-9,20H,18H2,1-2H3. The first-order valence-electron chi connectivity index (χ1n) is 6.66. The lowest BCUT2D eigenvalue weighted by atomic mass is 10.1. The highest BCUT2D eigenvalue weighted by molar-refractivity contribution is 7.13. The normalized spacial score (nSPS) is 10.8. The van der Waals surface area contributed by atoms with E-state index in [0.717, 1.165) is 38.6 Å². The minimum absolute atomic E-state index is 0.254. The minimum Gasteiger partial charge on any atom is -0.508 e. The average Bonchev–Trinajstić information content (AvgIpc) is 2.94. The molecule has 0 aliphatic rings. The van der Waals surface area contributed by atoms with E-state index in [2.05, 4.69) is 4.98 Å². The maximum Gasteiger partial charge on any atom is 0.124 e. The quantitative estimate of drug-likeness (QED) is 0.690. The molecule has 0 unspecified atom stereocenters. The van der Waals surface area contributed by atoms with E-state index in [4.69, 9.17) is 5.73 Å². The monoisotopic (exact) mass is 296 g/mol. The number of nitrogens with zero attached hydrogens (tertiary/aromatic N) is 1. The van der Waals surface area contributed by atoms with Gasteiger partial charge in [0.05, 0.1) is 5.69 Å². The molecule has 0 fully saturated rings. The Bertz CT molecular complexity index is 808. The second-order valence-corrected chi connectivity index (χ2v) is 5.97. The Morgan fingerprint density at radius 3 is 2.57 bits per heavy atom. The van der Waals surface area contributed by atoms with E-state index in [1.165, 1.54) is 0 Å². The number of hydrogen-bond acceptors (Lipinski definition) is 4. The number of nitrogen functional groups attached to an aromatic ring is 1. The molecular formula is C17H16N2OS. The Labute approximate surface area is 127 Å². The van der Waals surface area contributed by atoms with Crippen LogP contribution in [0.15, 0.2) is 41.8 Å². The number of aryl methyl sites for hydroxylation is 2. The summed E-state index contributed by atoms with van der Waals surface area (Å²) in [7, 11) is 0. The van der Waals surface area contributed by atoms with Crippen LogP contribution in [-0.4, -0.2) is 10.1 Å². The van der Waals surface area contributed by atoms with Crippen molar-refractivity contribution in [2.45, 2.75) is 13.8 Å². The smallest absolute Gasteiger partial charge is 0.124 e. The van der Waals surface area contributed by atoms with E-state index in [9.17, 15) is 5.11 Å². The molecule has 3 aromatic rings. The second-order valence-electron chi connectivity index (χ2n) is 5.11. The summed E-state index contributed by atoms with van der Waals surface area (Å²) in [5.41, 5.74) is 11.8. The Balaban J connectivity index is 2.03. The van der Waals surface area contributed by atoms with Gasteiger partial charge in [0.1, 0.15) is 10.8 Å². The van der Waals surface area contributed by atoms with E-state index < -0.39 is 0 Å². The van der Waals surface area contributed by atoms with Gasteiger partial charge in [-0.15, -0.1) is 11.3 Å². The van der Waals surface area contributed by atoms with Gasteiger partial charge < -0.3 is 10.8 Å². The number of rotatable bonds is 2. The third-order valence-electron chi connectivity index (χ3n) is 3.53. The molecule has 3 nitrogen and oxygen atoms in total. The molecule has 21 heavy (non-hydrogen) atoms. The van der Waals surface area contributed by atoms with Crippen LogP contribution in [0.1, 0.15) is 11.1 Å². The van der Waals surface area contributed by atoms with Crippen LogP contribution in [0.2, 0.25) is 0 Å². The summed E-state index contributed by atoms with van der Waals surface area (Å²) in [6.07, 6.45) is 0. The van der Waals surface area contributed by atoms with Crippen LogP contribution in [-0.2, 0) is 0 Å². The topological polar surface area (TPSA) is 59.1 Å². The molecule has 0 aliphatic carbocycles. The highest BCUT2D eigenvalue weighted by Crippen LogP contribution is 2.33. The molecule has 1 heterocycles. The SMILES string of the molecule is Cc1ccc(-c2nc(-c3cc(O)ccc3C)cs2)cc1N. The number of nitrogens with two attached hydrogens (primary N) is 1. The third-order valence-corrected chi connectivity index (χ3v) is 4.42. The molecule has 0 atom stereocenters. The summed E-state index contributed by atoms with van der Waals surface area (Å²) in [5.74, 6) is 0.254. The number of phenols is 1. The fourth-order valence-electron chi connectivity index (χ4n) is 2.19. The summed E-state index contributed by atoms with van der Waals surface area (Å²) in [6, 6.07) is 11.3. The van der Waals surface area contributed by atoms with Gasteiger partial charge in [-0.25, -0.2) is 4.98 Å². The lowest BCUT2D eigenvalue weighted by Crippen LogP contribution is -1.90. The van der Waals surface area contributed by atoms with Crippen LogP contribution in [0.3, 0.4) is 0 Å². The van der Waals surface area contributed by atoms with Crippen LogP contribution >= 0.6 is 11.3 Å². The van der Waals surface area contributed by atoms with Crippen LogP contribution in [0.4, 0.5) is 5.69 Å². The van der Waals surface area contributed by atoms with E-state index in [0.29, 0.717) is 0 Å². The molecular weight excluding hydrogens is 280 g/mol. The number of aromatic nitrogens is 1. The van der Waals surface area contributed by atoms with Gasteiger partial charge in [-0.2, -0.15) is 0 Å². The highest BCUT2D eigenvalue weighted by Gasteiger charge is 2.10. The van der Waals surface area contributed by atoms with Gasteiger partial charge in [0.25, 0.3) is 0 Å². The van der Waals surface area contributed by atoms with Crippen LogP contribution < -0.4 is 5.73 Å². The molecule has 0 bridgehead atoms. The number of thiazole rings is 1. The first-order valence-corrected chi connectivity index (χ1v) is 7.54. The van der Waals surface area contributed by atoms with Crippen LogP contribution in [0.5, 0.6) is 5.75 Å². The zero-order chi connectivity index (χ0) is 15.0. The van der Waals surface area contributed by atoms with E-state index in [1.807, 2.05) is 43.5 Å². The summed E-state index contributed by atoms with van der Waals surface area (Å²) < 4.78 is 0. The number of benzene rings is 2. The molecule has 0 aliphatic heterocycles. The van der Waals surface area contributed by atoms with Gasteiger partial charge in [0, 0.05) is 22.2 Å². The van der Waals surface area contributed by atoms with Crippen molar-refractivity contribution in [3.8, 4) is 27.6 Å². The lowest BCUT2D eigenvalue weighted by molar-refractivity contribution is 0.475. The predicted molar refractivity (Wildman–Crippen MR) is 88.5 cm³/mol. The predicted octanol–water partition coefficient (Wildman–Crippen LogP) is 4.38. The summed E-state index contributed by atoms with van der Waals surface area (Å²) >= 11 is 1.58. The molecule has 0 saturated heterocycles. The Morgan fingerprint density at radius 1 is 1.05 bits per heavy atom. The Morgan fingerprint density at radius 2 is 1.81 bits per heavy atom. The summed E-state index contributed by atoms with van der Waals surface area (Å²) in [4.78, 5) is 4.68. The molecule has 0 saturated carbocycles. The number of hydrogen-bond donors (Lipinski definition) is 2. The number of anilines is 1. The van der Waals surface area contributed by atoms with Gasteiger partial charge in [-0.1, -0.05) is 18.2 Å². The summed E-state index contributed by atoms with van der Waals surface area (Å²) in [5, 5.41) is 12.6. The summed E-state index contributed by atoms with van der Waals surface area (Å²) in [6.45, 7) is 4.00. The lowest BCUT2D eigenvalue weighted by Gasteiger charge is -2.04. The number of phenolic OH excluding ortho intramolecular Hbond substituents is 1. The fraction of sp³-hybridized carbons (Fsp3) is 0.118. The molecule has 4 heteroatoms. The van der Waals surface area contributed by atoms with Crippen LogP contribution in [0, 0.1) is 13.8 Å². The Kier molecular flexibility index (Phi) is 3.39. The van der Waals surface area contributed by atoms with E-state index in [1.54, 1.807) is 23.5 Å². The van der Waals surface area contributed by atoms with Crippen LogP contribution in [0.25, 0.3) is 21.8 Å². The zero-order valence-electron chi connectivity index (χ0n) is 11.9. The van der Waals surface area contributed by atoms with Gasteiger partial charge in [-0.05, 0) is 43.2 Å². The molecule has 2 aromatic carbocycles. The minimum atomic E-state index is 0.254. The van der Waals surface area contributed by atoms with Crippen molar-refractivity contribution in [1.29, 1.82) is 0 Å². The molecule has 106 valence electrons.